The average Bonchev–Trinajstić information content (AvgIpc) is 3.57. The van der Waals surface area contributed by atoms with Gasteiger partial charge in [0.15, 0.2) is 0 Å². The summed E-state index contributed by atoms with van der Waals surface area (Å²) in [5.41, 5.74) is 0. The van der Waals surface area contributed by atoms with E-state index in [0.29, 0.717) is 0 Å². The predicted octanol–water partition coefficient (Wildman–Crippen LogP) is 8.45. The first-order valence-electron chi connectivity index (χ1n) is 10.8. The summed E-state index contributed by atoms with van der Waals surface area (Å²) >= 11 is 1.51. The fourth-order valence-electron chi connectivity index (χ4n) is 2.82. The molecule has 0 aromatic heterocycles. The Hall–Kier alpha value is -3.15. The van der Waals surface area contributed by atoms with E-state index < -0.39 is 0 Å². The summed E-state index contributed by atoms with van der Waals surface area (Å²) in [5, 5.41) is 5.32. The van der Waals surface area contributed by atoms with Gasteiger partial charge in [0, 0.05) is 0 Å². The Morgan fingerprint density at radius 1 is 0.545 bits per heavy atom. The summed E-state index contributed by atoms with van der Waals surface area (Å²) in [6, 6.07) is 54.3. The minimum Gasteiger partial charge on any atom is -0.184 e. The molecule has 6 rings (SSSR count). The van der Waals surface area contributed by atoms with E-state index in [-0.39, 0.29) is 0 Å². The number of fused-ring (bicyclic) bond motifs is 2. The van der Waals surface area contributed by atoms with E-state index in [0.717, 1.165) is 0 Å². The maximum atomic E-state index is 2.89. The predicted molar refractivity (Wildman–Crippen MR) is 141 cm³/mol. The van der Waals surface area contributed by atoms with Crippen LogP contribution in [0.2, 0.25) is 0 Å². The van der Waals surface area contributed by atoms with Crippen LogP contribution in [0.25, 0.3) is 21.5 Å². The van der Waals surface area contributed by atoms with Gasteiger partial charge in [0.2, 0.25) is 0 Å². The molecule has 0 bridgehead atoms. The number of rotatable bonds is 0. The van der Waals surface area contributed by atoms with Crippen LogP contribution >= 0.6 is 0 Å². The van der Waals surface area contributed by atoms with Gasteiger partial charge in [-0.05, 0) is 0 Å². The molecule has 0 aliphatic rings. The van der Waals surface area contributed by atoms with Gasteiger partial charge in [-0.2, -0.15) is 108 Å². The van der Waals surface area contributed by atoms with Crippen LogP contribution in [0.3, 0.4) is 0 Å². The van der Waals surface area contributed by atoms with Crippen LogP contribution < -0.4 is 0 Å². The fraction of sp³-hybridized carbons (Fsp3) is 0.0312. The molecule has 0 aliphatic heterocycles. The third-order valence-corrected chi connectivity index (χ3v) is 4.31. The molecule has 6 aromatic carbocycles. The van der Waals surface area contributed by atoms with Gasteiger partial charge < -0.3 is 0 Å². The molecule has 1 heteroatoms. The topological polar surface area (TPSA) is 0 Å². The second-order valence-corrected chi connectivity index (χ2v) is 8.17. The van der Waals surface area contributed by atoms with Crippen LogP contribution in [-0.4, -0.2) is 3.71 Å². The molecule has 6 aromatic rings. The minimum atomic E-state index is 1.33. The van der Waals surface area contributed by atoms with Crippen LogP contribution in [0.15, 0.2) is 146 Å². The second kappa shape index (κ2) is 17.4. The zero-order chi connectivity index (χ0) is 23.4. The summed E-state index contributed by atoms with van der Waals surface area (Å²) in [4.78, 5) is 0. The van der Waals surface area contributed by atoms with Gasteiger partial charge in [-0.3, -0.25) is 0 Å². The molecule has 0 heterocycles. The maximum absolute atomic E-state index is 2.89. The Bertz CT molecular complexity index is 1020. The maximum Gasteiger partial charge on any atom is -0.0809 e. The zero-order valence-corrected chi connectivity index (χ0v) is 21.4. The second-order valence-electron chi connectivity index (χ2n) is 6.75. The monoisotopic (exact) mass is 502 g/mol. The van der Waals surface area contributed by atoms with Crippen LogP contribution in [0.5, 0.6) is 0 Å². The average molecular weight is 504 g/mol. The molecule has 0 atom stereocenters. The van der Waals surface area contributed by atoms with Crippen LogP contribution in [0, 0.1) is 12.1 Å². The van der Waals surface area contributed by atoms with E-state index in [2.05, 4.69) is 101 Å². The first-order valence-corrected chi connectivity index (χ1v) is 12.2. The molecule has 0 unspecified atom stereocenters. The standard InChI is InChI=1S/2C9H7.2C6H5.C2H4.Zr/c2*1-2-5-9-7-3-6-8(9)4-1;2*1-2-4-6-5-3-1;1-2;/h2*1-7H;2*1-5H;1H,2H3;/q4*-1;;. The smallest absolute Gasteiger partial charge is 0.0809 e. The van der Waals surface area contributed by atoms with E-state index >= 15 is 0 Å². The summed E-state index contributed by atoms with van der Waals surface area (Å²) in [6.07, 6.45) is 0. The Morgan fingerprint density at radius 3 is 1.18 bits per heavy atom. The van der Waals surface area contributed by atoms with Crippen molar-refractivity contribution in [2.45, 2.75) is 6.92 Å². The van der Waals surface area contributed by atoms with E-state index in [4.69, 9.17) is 0 Å². The van der Waals surface area contributed by atoms with Gasteiger partial charge in [0.05, 0.1) is 0 Å². The largest absolute Gasteiger partial charge is 0.184 e. The van der Waals surface area contributed by atoms with Crippen molar-refractivity contribution in [3.8, 4) is 0 Å². The number of benzene rings is 4. The summed E-state index contributed by atoms with van der Waals surface area (Å²) in [5.74, 6) is 0. The molecule has 0 amide bonds. The molecule has 0 N–H and O–H groups in total. The van der Waals surface area contributed by atoms with Gasteiger partial charge in [-0.1, -0.05) is 12.1 Å². The Morgan fingerprint density at radius 2 is 0.909 bits per heavy atom. The molecule has 0 radical (unpaired) electrons. The molecule has 0 saturated heterocycles. The van der Waals surface area contributed by atoms with Crippen LogP contribution in [0.4, 0.5) is 0 Å². The Kier molecular flexibility index (Phi) is 13.8. The first kappa shape index (κ1) is 26.1. The van der Waals surface area contributed by atoms with Crippen molar-refractivity contribution in [3.63, 3.8) is 0 Å². The molecular formula is C32H28Zr-4. The van der Waals surface area contributed by atoms with Crippen LogP contribution in [0.1, 0.15) is 6.92 Å². The van der Waals surface area contributed by atoms with Gasteiger partial charge in [-0.25, -0.2) is 0 Å². The van der Waals surface area contributed by atoms with Crippen molar-refractivity contribution in [1.82, 2.24) is 0 Å². The minimum absolute atomic E-state index is 1.33. The van der Waals surface area contributed by atoms with Crippen LogP contribution in [-0.2, 0) is 24.2 Å². The Labute approximate surface area is 213 Å². The molecule has 0 saturated carbocycles. The molecule has 0 spiro atoms. The summed E-state index contributed by atoms with van der Waals surface area (Å²) < 4.78 is 2.09. The molecule has 0 fully saturated rings. The van der Waals surface area contributed by atoms with E-state index in [1.807, 2.05) is 67.6 Å². The molecule has 0 nitrogen and oxygen atoms in total. The van der Waals surface area contributed by atoms with E-state index in [9.17, 15) is 0 Å². The van der Waals surface area contributed by atoms with Crippen molar-refractivity contribution in [2.24, 2.45) is 0 Å². The van der Waals surface area contributed by atoms with Gasteiger partial charge in [0.25, 0.3) is 0 Å². The molecule has 0 aliphatic carbocycles. The fourth-order valence-corrected chi connectivity index (χ4v) is 2.82. The van der Waals surface area contributed by atoms with Gasteiger partial charge in [0.1, 0.15) is 0 Å². The number of hydrogen-bond acceptors (Lipinski definition) is 0. The van der Waals surface area contributed by atoms with Crippen molar-refractivity contribution in [1.29, 1.82) is 0 Å². The van der Waals surface area contributed by atoms with Crippen molar-refractivity contribution in [3.05, 3.63) is 158 Å². The SMILES string of the molecule is C[CH]=[Zr].[c-]1ccccc1.[c-]1ccccc1.c1ccc2[cH-]ccc2c1.c1ccc2[cH-]ccc2c1. The summed E-state index contributed by atoms with van der Waals surface area (Å²) in [7, 11) is 0. The van der Waals surface area contributed by atoms with Gasteiger partial charge >= 0.3 is 34.9 Å². The molecule has 33 heavy (non-hydrogen) atoms. The first-order chi connectivity index (χ1) is 16.3. The van der Waals surface area contributed by atoms with E-state index in [1.165, 1.54) is 45.8 Å². The van der Waals surface area contributed by atoms with E-state index in [1.54, 1.807) is 0 Å². The summed E-state index contributed by atoms with van der Waals surface area (Å²) in [6.45, 7) is 2.04. The molecular weight excluding hydrogens is 476 g/mol. The van der Waals surface area contributed by atoms with Crippen molar-refractivity contribution in [2.75, 3.05) is 0 Å². The Balaban J connectivity index is 0.000000152. The third-order valence-electron chi connectivity index (χ3n) is 4.31. The van der Waals surface area contributed by atoms with Crippen molar-refractivity contribution < 1.29 is 24.2 Å². The zero-order valence-electron chi connectivity index (χ0n) is 18.9. The number of hydrogen-bond donors (Lipinski definition) is 0. The normalized spacial score (nSPS) is 8.85. The van der Waals surface area contributed by atoms with Gasteiger partial charge in [-0.15, -0.1) is 59.3 Å². The third kappa shape index (κ3) is 11.3. The quantitative estimate of drug-likeness (QED) is 0.182. The molecule has 164 valence electrons. The van der Waals surface area contributed by atoms with Crippen molar-refractivity contribution >= 4 is 25.3 Å².